The first-order valence-electron chi connectivity index (χ1n) is 4.33. The lowest BCUT2D eigenvalue weighted by Crippen LogP contribution is -2.34. The smallest absolute Gasteiger partial charge is 0.231 e. The third-order valence-corrected chi connectivity index (χ3v) is 1.99. The number of amides is 1. The van der Waals surface area contributed by atoms with Crippen molar-refractivity contribution in [1.29, 1.82) is 0 Å². The van der Waals surface area contributed by atoms with Crippen LogP contribution in [-0.2, 0) is 9.53 Å². The summed E-state index contributed by atoms with van der Waals surface area (Å²) in [5, 5.41) is 2.95. The van der Waals surface area contributed by atoms with Crippen molar-refractivity contribution in [2.24, 2.45) is 5.73 Å². The molecule has 1 aliphatic rings. The van der Waals surface area contributed by atoms with Crippen LogP contribution < -0.4 is 11.1 Å². The average Bonchev–Trinajstić information content (AvgIpc) is 2.35. The van der Waals surface area contributed by atoms with Gasteiger partial charge >= 0.3 is 0 Å². The van der Waals surface area contributed by atoms with Gasteiger partial charge in [-0.25, -0.2) is 0 Å². The molecule has 4 heteroatoms. The van der Waals surface area contributed by atoms with Crippen molar-refractivity contribution >= 4 is 5.91 Å². The number of carbonyl (C=O) groups excluding carboxylic acids is 1. The molecule has 2 atom stereocenters. The van der Waals surface area contributed by atoms with Crippen molar-refractivity contribution in [2.45, 2.75) is 32.0 Å². The molecular weight excluding hydrogens is 156 g/mol. The molecule has 0 radical (unpaired) electrons. The lowest BCUT2D eigenvalue weighted by atomic mass is 10.2. The second-order valence-electron chi connectivity index (χ2n) is 3.24. The first kappa shape index (κ1) is 9.48. The molecular formula is C8H16N2O2. The van der Waals surface area contributed by atoms with E-state index in [0.717, 1.165) is 19.4 Å². The summed E-state index contributed by atoms with van der Waals surface area (Å²) in [5.41, 5.74) is 4.96. The number of rotatable bonds is 4. The van der Waals surface area contributed by atoms with Gasteiger partial charge in [-0.15, -0.1) is 0 Å². The molecule has 0 bridgehead atoms. The molecule has 2 unspecified atom stereocenters. The van der Waals surface area contributed by atoms with Crippen LogP contribution in [0.25, 0.3) is 0 Å². The van der Waals surface area contributed by atoms with E-state index < -0.39 is 0 Å². The Balaban J connectivity index is 2.04. The normalized spacial score (nSPS) is 29.1. The molecule has 0 aromatic rings. The van der Waals surface area contributed by atoms with Gasteiger partial charge in [0.15, 0.2) is 0 Å². The predicted molar refractivity (Wildman–Crippen MR) is 45.6 cm³/mol. The molecule has 1 rings (SSSR count). The summed E-state index contributed by atoms with van der Waals surface area (Å²) in [7, 11) is 0. The number of nitrogens with one attached hydrogen (secondary N) is 1. The van der Waals surface area contributed by atoms with Crippen molar-refractivity contribution in [3.63, 3.8) is 0 Å². The molecule has 0 aliphatic carbocycles. The molecule has 0 spiro atoms. The first-order chi connectivity index (χ1) is 5.68. The number of carbonyl (C=O) groups is 1. The number of hydrogen-bond acceptors (Lipinski definition) is 3. The Hall–Kier alpha value is -0.610. The van der Waals surface area contributed by atoms with E-state index in [4.69, 9.17) is 10.5 Å². The Kier molecular flexibility index (Phi) is 3.49. The SMILES string of the molecule is CC1CCC(CNCC(N)=O)O1. The van der Waals surface area contributed by atoms with E-state index in [0.29, 0.717) is 6.10 Å². The monoisotopic (exact) mass is 172 g/mol. The summed E-state index contributed by atoms with van der Waals surface area (Å²) in [5.74, 6) is -0.318. The number of hydrogen-bond donors (Lipinski definition) is 2. The van der Waals surface area contributed by atoms with Gasteiger partial charge in [-0.3, -0.25) is 4.79 Å². The predicted octanol–water partition coefficient (Wildman–Crippen LogP) is -0.371. The van der Waals surface area contributed by atoms with E-state index in [1.54, 1.807) is 0 Å². The topological polar surface area (TPSA) is 64.3 Å². The number of nitrogens with two attached hydrogens (primary N) is 1. The maximum absolute atomic E-state index is 10.4. The standard InChI is InChI=1S/C8H16N2O2/c1-6-2-3-7(12-6)4-10-5-8(9)11/h6-7,10H,2-5H2,1H3,(H2,9,11). The summed E-state index contributed by atoms with van der Waals surface area (Å²) < 4.78 is 5.53. The second-order valence-corrected chi connectivity index (χ2v) is 3.24. The van der Waals surface area contributed by atoms with Gasteiger partial charge in [-0.05, 0) is 19.8 Å². The van der Waals surface area contributed by atoms with Gasteiger partial charge < -0.3 is 15.8 Å². The average molecular weight is 172 g/mol. The Bertz CT molecular complexity index is 161. The summed E-state index contributed by atoms with van der Waals surface area (Å²) >= 11 is 0. The Morgan fingerprint density at radius 2 is 2.42 bits per heavy atom. The zero-order valence-corrected chi connectivity index (χ0v) is 7.38. The number of primary amides is 1. The molecule has 1 saturated heterocycles. The summed E-state index contributed by atoms with van der Waals surface area (Å²) in [4.78, 5) is 10.4. The molecule has 1 amide bonds. The highest BCUT2D eigenvalue weighted by Gasteiger charge is 2.20. The van der Waals surface area contributed by atoms with Crippen LogP contribution in [0.15, 0.2) is 0 Å². The van der Waals surface area contributed by atoms with Crippen LogP contribution in [-0.4, -0.2) is 31.2 Å². The molecule has 0 saturated carbocycles. The quantitative estimate of drug-likeness (QED) is 0.608. The van der Waals surface area contributed by atoms with Crippen LogP contribution in [0, 0.1) is 0 Å². The van der Waals surface area contributed by atoms with Crippen LogP contribution in [0.2, 0.25) is 0 Å². The fourth-order valence-electron chi connectivity index (χ4n) is 1.39. The zero-order chi connectivity index (χ0) is 8.97. The maximum Gasteiger partial charge on any atom is 0.231 e. The number of ether oxygens (including phenoxy) is 1. The van der Waals surface area contributed by atoms with Crippen LogP contribution in [0.4, 0.5) is 0 Å². The summed E-state index contributed by atoms with van der Waals surface area (Å²) in [6.45, 7) is 3.04. The van der Waals surface area contributed by atoms with Crippen LogP contribution in [0.3, 0.4) is 0 Å². The minimum atomic E-state index is -0.318. The van der Waals surface area contributed by atoms with Gasteiger partial charge in [-0.2, -0.15) is 0 Å². The lowest BCUT2D eigenvalue weighted by Gasteiger charge is -2.10. The third-order valence-electron chi connectivity index (χ3n) is 1.99. The maximum atomic E-state index is 10.4. The van der Waals surface area contributed by atoms with Crippen LogP contribution >= 0.6 is 0 Å². The van der Waals surface area contributed by atoms with E-state index in [9.17, 15) is 4.79 Å². The van der Waals surface area contributed by atoms with E-state index in [1.807, 2.05) is 0 Å². The van der Waals surface area contributed by atoms with Gasteiger partial charge in [0.2, 0.25) is 5.91 Å². The second kappa shape index (κ2) is 4.42. The van der Waals surface area contributed by atoms with E-state index in [2.05, 4.69) is 12.2 Å². The Morgan fingerprint density at radius 1 is 1.67 bits per heavy atom. The van der Waals surface area contributed by atoms with E-state index in [-0.39, 0.29) is 18.6 Å². The minimum Gasteiger partial charge on any atom is -0.374 e. The highest BCUT2D eigenvalue weighted by Crippen LogP contribution is 2.17. The van der Waals surface area contributed by atoms with E-state index in [1.165, 1.54) is 0 Å². The van der Waals surface area contributed by atoms with Crippen LogP contribution in [0.5, 0.6) is 0 Å². The van der Waals surface area contributed by atoms with Crippen molar-refractivity contribution in [3.8, 4) is 0 Å². The summed E-state index contributed by atoms with van der Waals surface area (Å²) in [6.07, 6.45) is 2.82. The molecule has 70 valence electrons. The van der Waals surface area contributed by atoms with Crippen molar-refractivity contribution < 1.29 is 9.53 Å². The van der Waals surface area contributed by atoms with Gasteiger partial charge in [-0.1, -0.05) is 0 Å². The molecule has 0 aromatic heterocycles. The lowest BCUT2D eigenvalue weighted by molar-refractivity contribution is -0.117. The molecule has 12 heavy (non-hydrogen) atoms. The Morgan fingerprint density at radius 3 is 2.92 bits per heavy atom. The molecule has 1 aliphatic heterocycles. The van der Waals surface area contributed by atoms with Crippen LogP contribution in [0.1, 0.15) is 19.8 Å². The molecule has 1 heterocycles. The molecule has 0 aromatic carbocycles. The van der Waals surface area contributed by atoms with Crippen molar-refractivity contribution in [3.05, 3.63) is 0 Å². The minimum absolute atomic E-state index is 0.244. The van der Waals surface area contributed by atoms with Gasteiger partial charge in [0.1, 0.15) is 0 Å². The van der Waals surface area contributed by atoms with Crippen molar-refractivity contribution in [2.75, 3.05) is 13.1 Å². The highest BCUT2D eigenvalue weighted by molar-refractivity contribution is 5.75. The van der Waals surface area contributed by atoms with E-state index >= 15 is 0 Å². The highest BCUT2D eigenvalue weighted by atomic mass is 16.5. The first-order valence-corrected chi connectivity index (χ1v) is 4.33. The fourth-order valence-corrected chi connectivity index (χ4v) is 1.39. The largest absolute Gasteiger partial charge is 0.374 e. The molecule has 1 fully saturated rings. The van der Waals surface area contributed by atoms with Gasteiger partial charge in [0.25, 0.3) is 0 Å². The fraction of sp³-hybridized carbons (Fsp3) is 0.875. The van der Waals surface area contributed by atoms with Gasteiger partial charge in [0.05, 0.1) is 18.8 Å². The van der Waals surface area contributed by atoms with Gasteiger partial charge in [0, 0.05) is 6.54 Å². The summed E-state index contributed by atoms with van der Waals surface area (Å²) in [6, 6.07) is 0. The Labute approximate surface area is 72.5 Å². The van der Waals surface area contributed by atoms with Crippen molar-refractivity contribution in [1.82, 2.24) is 5.32 Å². The zero-order valence-electron chi connectivity index (χ0n) is 7.38. The third kappa shape index (κ3) is 3.19. The molecule has 4 nitrogen and oxygen atoms in total. The molecule has 3 N–H and O–H groups in total.